The molecule has 5 heteroatoms. The van der Waals surface area contributed by atoms with Gasteiger partial charge >= 0.3 is 0 Å². The van der Waals surface area contributed by atoms with Crippen molar-refractivity contribution in [2.24, 2.45) is 0 Å². The van der Waals surface area contributed by atoms with Gasteiger partial charge in [-0.15, -0.1) is 0 Å². The Morgan fingerprint density at radius 3 is 2.38 bits per heavy atom. The molecule has 0 aliphatic carbocycles. The fourth-order valence-electron chi connectivity index (χ4n) is 1.95. The number of halogens is 1. The third kappa shape index (κ3) is 9.08. The fourth-order valence-corrected chi connectivity index (χ4v) is 1.95. The van der Waals surface area contributed by atoms with Crippen molar-refractivity contribution in [2.75, 3.05) is 20.8 Å². The van der Waals surface area contributed by atoms with Crippen molar-refractivity contribution in [3.8, 4) is 5.75 Å². The Morgan fingerprint density at radius 1 is 1.15 bits per heavy atom. The Bertz CT molecular complexity index is 677. The van der Waals surface area contributed by atoms with Crippen LogP contribution in [-0.4, -0.2) is 37.0 Å². The van der Waals surface area contributed by atoms with E-state index in [9.17, 15) is 9.18 Å². The molecule has 0 aliphatic rings. The van der Waals surface area contributed by atoms with Gasteiger partial charge in [0.05, 0.1) is 6.20 Å². The van der Waals surface area contributed by atoms with E-state index in [2.05, 4.69) is 4.98 Å². The molecular formula is C21H27FN2O2. The molecule has 1 aromatic heterocycles. The predicted octanol–water partition coefficient (Wildman–Crippen LogP) is 4.11. The van der Waals surface area contributed by atoms with E-state index in [1.807, 2.05) is 51.1 Å². The van der Waals surface area contributed by atoms with Crippen LogP contribution in [-0.2, 0) is 11.2 Å². The molecule has 0 amide bonds. The zero-order chi connectivity index (χ0) is 19.4. The number of hydrogen-bond donors (Lipinski definition) is 0. The SMILES string of the molecule is Cc1cc(C/C=C/CC=O)ncc1OCN(C)C.Cc1ccc(F)cc1. The van der Waals surface area contributed by atoms with Crippen molar-refractivity contribution in [2.45, 2.75) is 26.7 Å². The lowest BCUT2D eigenvalue weighted by molar-refractivity contribution is -0.107. The molecule has 0 N–H and O–H groups in total. The summed E-state index contributed by atoms with van der Waals surface area (Å²) in [6.07, 6.45) is 7.64. The maximum atomic E-state index is 12.1. The number of aryl methyl sites for hydroxylation is 2. The van der Waals surface area contributed by atoms with Crippen molar-refractivity contribution in [3.05, 3.63) is 71.3 Å². The first-order chi connectivity index (χ1) is 12.4. The number of nitrogens with zero attached hydrogens (tertiary/aromatic N) is 2. The third-order valence-corrected chi connectivity index (χ3v) is 3.33. The molecule has 2 rings (SSSR count). The Labute approximate surface area is 155 Å². The normalized spacial score (nSPS) is 10.5. The van der Waals surface area contributed by atoms with Gasteiger partial charge in [0.2, 0.25) is 0 Å². The lowest BCUT2D eigenvalue weighted by Crippen LogP contribution is -2.18. The van der Waals surface area contributed by atoms with E-state index in [0.29, 0.717) is 13.2 Å². The van der Waals surface area contributed by atoms with Gasteiger partial charge in [0.15, 0.2) is 0 Å². The van der Waals surface area contributed by atoms with Crippen LogP contribution in [0.3, 0.4) is 0 Å². The van der Waals surface area contributed by atoms with E-state index in [1.165, 1.54) is 12.1 Å². The fraction of sp³-hybridized carbons (Fsp3) is 0.333. The van der Waals surface area contributed by atoms with Crippen LogP contribution in [0.4, 0.5) is 4.39 Å². The quantitative estimate of drug-likeness (QED) is 0.424. The molecule has 0 radical (unpaired) electrons. The second kappa shape index (κ2) is 11.9. The summed E-state index contributed by atoms with van der Waals surface area (Å²) in [5, 5.41) is 0. The molecule has 0 spiro atoms. The zero-order valence-electron chi connectivity index (χ0n) is 15.9. The van der Waals surface area contributed by atoms with Crippen LogP contribution in [0.25, 0.3) is 0 Å². The van der Waals surface area contributed by atoms with Crippen LogP contribution < -0.4 is 4.74 Å². The molecule has 0 aliphatic heterocycles. The molecule has 0 unspecified atom stereocenters. The average molecular weight is 358 g/mol. The van der Waals surface area contributed by atoms with E-state index in [-0.39, 0.29) is 5.82 Å². The lowest BCUT2D eigenvalue weighted by Gasteiger charge is -2.13. The summed E-state index contributed by atoms with van der Waals surface area (Å²) in [5.41, 5.74) is 3.14. The highest BCUT2D eigenvalue weighted by Crippen LogP contribution is 2.17. The maximum absolute atomic E-state index is 12.1. The summed E-state index contributed by atoms with van der Waals surface area (Å²) in [4.78, 5) is 16.4. The van der Waals surface area contributed by atoms with Crippen LogP contribution in [0.5, 0.6) is 5.75 Å². The van der Waals surface area contributed by atoms with Gasteiger partial charge < -0.3 is 9.53 Å². The summed E-state index contributed by atoms with van der Waals surface area (Å²) in [6.45, 7) is 4.48. The van der Waals surface area contributed by atoms with Crippen molar-refractivity contribution >= 4 is 6.29 Å². The number of ether oxygens (including phenoxy) is 1. The Morgan fingerprint density at radius 2 is 1.85 bits per heavy atom. The van der Waals surface area contributed by atoms with Crippen LogP contribution in [0.2, 0.25) is 0 Å². The highest BCUT2D eigenvalue weighted by atomic mass is 19.1. The topological polar surface area (TPSA) is 42.4 Å². The molecule has 4 nitrogen and oxygen atoms in total. The molecule has 0 saturated heterocycles. The van der Waals surface area contributed by atoms with Crippen LogP contribution in [0, 0.1) is 19.7 Å². The predicted molar refractivity (Wildman–Crippen MR) is 103 cm³/mol. The molecular weight excluding hydrogens is 331 g/mol. The summed E-state index contributed by atoms with van der Waals surface area (Å²) >= 11 is 0. The minimum Gasteiger partial charge on any atom is -0.476 e. The van der Waals surface area contributed by atoms with Gasteiger partial charge in [0, 0.05) is 18.5 Å². The van der Waals surface area contributed by atoms with Crippen LogP contribution in [0.15, 0.2) is 48.7 Å². The van der Waals surface area contributed by atoms with Gasteiger partial charge in [-0.1, -0.05) is 29.8 Å². The average Bonchev–Trinajstić information content (AvgIpc) is 2.61. The second-order valence-corrected chi connectivity index (χ2v) is 6.17. The van der Waals surface area contributed by atoms with Crippen molar-refractivity contribution in [1.82, 2.24) is 9.88 Å². The van der Waals surface area contributed by atoms with Crippen molar-refractivity contribution in [3.63, 3.8) is 0 Å². The number of allylic oxidation sites excluding steroid dienone is 2. The molecule has 0 bridgehead atoms. The number of carbonyl (C=O) groups excluding carboxylic acids is 1. The molecule has 0 saturated carbocycles. The highest BCUT2D eigenvalue weighted by molar-refractivity contribution is 5.51. The summed E-state index contributed by atoms with van der Waals surface area (Å²) < 4.78 is 17.7. The number of hydrogen-bond acceptors (Lipinski definition) is 4. The van der Waals surface area contributed by atoms with E-state index in [0.717, 1.165) is 35.3 Å². The summed E-state index contributed by atoms with van der Waals surface area (Å²) in [7, 11) is 3.91. The number of pyridine rings is 1. The maximum Gasteiger partial charge on any atom is 0.142 e. The lowest BCUT2D eigenvalue weighted by atomic mass is 10.2. The van der Waals surface area contributed by atoms with Gasteiger partial charge in [-0.05, 0) is 51.7 Å². The third-order valence-electron chi connectivity index (χ3n) is 3.33. The number of benzene rings is 1. The molecule has 2 aromatic rings. The molecule has 0 atom stereocenters. The molecule has 0 fully saturated rings. The van der Waals surface area contributed by atoms with Crippen molar-refractivity contribution in [1.29, 1.82) is 0 Å². The van der Waals surface area contributed by atoms with Crippen molar-refractivity contribution < 1.29 is 13.9 Å². The van der Waals surface area contributed by atoms with E-state index < -0.39 is 0 Å². The first-order valence-electron chi connectivity index (χ1n) is 8.46. The first kappa shape index (κ1) is 21.5. The van der Waals surface area contributed by atoms with Gasteiger partial charge in [0.25, 0.3) is 0 Å². The summed E-state index contributed by atoms with van der Waals surface area (Å²) in [5.74, 6) is 0.639. The minimum absolute atomic E-state index is 0.171. The first-order valence-corrected chi connectivity index (χ1v) is 8.46. The largest absolute Gasteiger partial charge is 0.476 e. The van der Waals surface area contributed by atoms with E-state index >= 15 is 0 Å². The minimum atomic E-state index is -0.171. The number of aromatic nitrogens is 1. The second-order valence-electron chi connectivity index (χ2n) is 6.17. The van der Waals surface area contributed by atoms with Gasteiger partial charge in [-0.25, -0.2) is 4.39 Å². The van der Waals surface area contributed by atoms with Gasteiger partial charge in [-0.3, -0.25) is 9.88 Å². The Balaban J connectivity index is 0.000000350. The standard InChI is InChI=1S/C14H20N2O2.C7H7F/c1-12-9-13(7-5-4-6-8-17)15-10-14(12)18-11-16(2)3;1-6-2-4-7(8)5-3-6/h4-5,8-10H,6-7,11H2,1-3H3;2-5H,1H3/b5-4+;. The highest BCUT2D eigenvalue weighted by Gasteiger charge is 2.02. The van der Waals surface area contributed by atoms with Gasteiger partial charge in [-0.2, -0.15) is 0 Å². The summed E-state index contributed by atoms with van der Waals surface area (Å²) in [6, 6.07) is 8.41. The van der Waals surface area contributed by atoms with Crippen LogP contribution in [0.1, 0.15) is 23.2 Å². The smallest absolute Gasteiger partial charge is 0.142 e. The zero-order valence-corrected chi connectivity index (χ0v) is 15.9. The van der Waals surface area contributed by atoms with E-state index in [4.69, 9.17) is 4.74 Å². The Hall–Kier alpha value is -2.53. The molecule has 140 valence electrons. The van der Waals surface area contributed by atoms with Gasteiger partial charge in [0.1, 0.15) is 24.6 Å². The monoisotopic (exact) mass is 358 g/mol. The van der Waals surface area contributed by atoms with Crippen LogP contribution >= 0.6 is 0 Å². The number of aldehydes is 1. The number of carbonyl (C=O) groups is 1. The van der Waals surface area contributed by atoms with E-state index in [1.54, 1.807) is 18.3 Å². The molecule has 1 aromatic carbocycles. The Kier molecular flexibility index (Phi) is 9.87. The molecule has 1 heterocycles. The number of rotatable bonds is 7. The molecule has 26 heavy (non-hydrogen) atoms.